The number of nitrogens with one attached hydrogen (secondary N) is 1. The van der Waals surface area contributed by atoms with Crippen molar-refractivity contribution in [2.45, 2.75) is 59.8 Å². The molecular weight excluding hydrogens is 358 g/mol. The Hall–Kier alpha value is -0.690. The molecule has 1 aliphatic rings. The fraction of sp³-hybridized carbons (Fsp3) is 0.833. The normalized spacial score (nSPS) is 19.4. The number of ketones is 1. The van der Waals surface area contributed by atoms with Crippen LogP contribution in [0.25, 0.3) is 0 Å². The first-order valence-electron chi connectivity index (χ1n) is 9.14. The predicted octanol–water partition coefficient (Wildman–Crippen LogP) is 3.86. The fourth-order valence-electron chi connectivity index (χ4n) is 2.59. The van der Waals surface area contributed by atoms with Gasteiger partial charge in [0.15, 0.2) is 0 Å². The molecule has 0 aromatic carbocycles. The molecule has 7 heteroatoms. The first-order chi connectivity index (χ1) is 12.0. The molecule has 0 atom stereocenters. The summed E-state index contributed by atoms with van der Waals surface area (Å²) in [6.07, 6.45) is 4.50. The van der Waals surface area contributed by atoms with Crippen molar-refractivity contribution >= 4 is 39.2 Å². The van der Waals surface area contributed by atoms with Crippen LogP contribution >= 0.6 is 21.6 Å². The van der Waals surface area contributed by atoms with Crippen molar-refractivity contribution in [3.8, 4) is 0 Å². The van der Waals surface area contributed by atoms with Gasteiger partial charge in [-0.15, -0.1) is 0 Å². The van der Waals surface area contributed by atoms with E-state index in [4.69, 9.17) is 4.74 Å². The second-order valence-electron chi connectivity index (χ2n) is 5.87. The molecule has 0 bridgehead atoms. The van der Waals surface area contributed by atoms with Gasteiger partial charge in [-0.1, -0.05) is 35.4 Å². The maximum Gasteiger partial charge on any atom is 0.302 e. The van der Waals surface area contributed by atoms with E-state index in [0.717, 1.165) is 43.7 Å². The number of hydrogen-bond donors (Lipinski definition) is 1. The number of Topliss-reactive ketones (excluding diaryl/α,β-unsaturated/α-hetero) is 1. The zero-order valence-electron chi connectivity index (χ0n) is 16.0. The summed E-state index contributed by atoms with van der Waals surface area (Å²) >= 11 is 0. The molecule has 0 spiro atoms. The highest BCUT2D eigenvalue weighted by Gasteiger charge is 2.23. The van der Waals surface area contributed by atoms with Gasteiger partial charge in [-0.05, 0) is 38.5 Å². The monoisotopic (exact) mass is 391 g/mol. The van der Waals surface area contributed by atoms with Crippen LogP contribution in [-0.4, -0.2) is 42.3 Å². The number of rotatable bonds is 10. The number of ether oxygens (including phenoxy) is 1. The van der Waals surface area contributed by atoms with Gasteiger partial charge in [0.05, 0.1) is 0 Å². The molecule has 0 heterocycles. The van der Waals surface area contributed by atoms with Gasteiger partial charge >= 0.3 is 5.97 Å². The third-order valence-electron chi connectivity index (χ3n) is 3.98. The van der Waals surface area contributed by atoms with Crippen LogP contribution in [0.2, 0.25) is 0 Å². The SMILES string of the molecule is CC.CC(=O)OCCSSCCC(=O)NCC1CCC(C(C)=O)CC1. The summed E-state index contributed by atoms with van der Waals surface area (Å²) in [6.45, 7) is 8.22. The van der Waals surface area contributed by atoms with Crippen LogP contribution in [0, 0.1) is 11.8 Å². The van der Waals surface area contributed by atoms with Crippen LogP contribution in [-0.2, 0) is 19.1 Å². The van der Waals surface area contributed by atoms with Gasteiger partial charge in [-0.25, -0.2) is 0 Å². The van der Waals surface area contributed by atoms with E-state index >= 15 is 0 Å². The summed E-state index contributed by atoms with van der Waals surface area (Å²) in [4.78, 5) is 33.7. The Kier molecular flexibility index (Phi) is 15.1. The maximum atomic E-state index is 11.8. The number of hydrogen-bond acceptors (Lipinski definition) is 6. The number of carbonyl (C=O) groups is 3. The van der Waals surface area contributed by atoms with Gasteiger partial charge < -0.3 is 10.1 Å². The van der Waals surface area contributed by atoms with Crippen LogP contribution in [0.3, 0.4) is 0 Å². The topological polar surface area (TPSA) is 72.5 Å². The minimum absolute atomic E-state index is 0.0896. The van der Waals surface area contributed by atoms with Gasteiger partial charge in [-0.3, -0.25) is 14.4 Å². The van der Waals surface area contributed by atoms with Gasteiger partial charge in [0.1, 0.15) is 12.4 Å². The minimum Gasteiger partial charge on any atom is -0.465 e. The van der Waals surface area contributed by atoms with Gasteiger partial charge in [0.2, 0.25) is 5.91 Å². The first-order valence-corrected chi connectivity index (χ1v) is 11.6. The molecule has 0 saturated heterocycles. The molecule has 1 fully saturated rings. The van der Waals surface area contributed by atoms with Crippen molar-refractivity contribution in [2.75, 3.05) is 24.7 Å². The predicted molar refractivity (Wildman–Crippen MR) is 107 cm³/mol. The largest absolute Gasteiger partial charge is 0.465 e. The molecule has 1 amide bonds. The third kappa shape index (κ3) is 13.2. The second-order valence-corrected chi connectivity index (χ2v) is 8.57. The number of carbonyl (C=O) groups excluding carboxylic acids is 3. The van der Waals surface area contributed by atoms with Crippen molar-refractivity contribution in [1.82, 2.24) is 5.32 Å². The number of esters is 1. The summed E-state index contributed by atoms with van der Waals surface area (Å²) in [6, 6.07) is 0. The van der Waals surface area contributed by atoms with Crippen LogP contribution in [0.1, 0.15) is 59.8 Å². The smallest absolute Gasteiger partial charge is 0.302 e. The average molecular weight is 392 g/mol. The molecule has 1 rings (SSSR count). The van der Waals surface area contributed by atoms with Crippen LogP contribution in [0.5, 0.6) is 0 Å². The van der Waals surface area contributed by atoms with E-state index in [0.29, 0.717) is 24.7 Å². The molecule has 0 aromatic rings. The lowest BCUT2D eigenvalue weighted by Crippen LogP contribution is -2.32. The Labute approximate surface area is 160 Å². The summed E-state index contributed by atoms with van der Waals surface area (Å²) in [5.41, 5.74) is 0. The summed E-state index contributed by atoms with van der Waals surface area (Å²) < 4.78 is 4.82. The zero-order chi connectivity index (χ0) is 19.1. The van der Waals surface area contributed by atoms with E-state index in [1.54, 1.807) is 28.5 Å². The highest BCUT2D eigenvalue weighted by molar-refractivity contribution is 8.76. The Bertz CT molecular complexity index is 397. The van der Waals surface area contributed by atoms with Gasteiger partial charge in [0, 0.05) is 37.3 Å². The van der Waals surface area contributed by atoms with Crippen molar-refractivity contribution < 1.29 is 19.1 Å². The molecule has 146 valence electrons. The van der Waals surface area contributed by atoms with Crippen molar-refractivity contribution in [3.05, 3.63) is 0 Å². The minimum atomic E-state index is -0.257. The van der Waals surface area contributed by atoms with Crippen LogP contribution in [0.4, 0.5) is 0 Å². The zero-order valence-corrected chi connectivity index (χ0v) is 17.6. The molecule has 5 nitrogen and oxygen atoms in total. The Balaban J connectivity index is 0.00000277. The van der Waals surface area contributed by atoms with E-state index < -0.39 is 0 Å². The van der Waals surface area contributed by atoms with Gasteiger partial charge in [0.25, 0.3) is 0 Å². The molecule has 1 N–H and O–H groups in total. The summed E-state index contributed by atoms with van der Waals surface area (Å²) in [7, 11) is 3.24. The molecular formula is C18H33NO4S2. The van der Waals surface area contributed by atoms with Gasteiger partial charge in [-0.2, -0.15) is 0 Å². The van der Waals surface area contributed by atoms with Crippen molar-refractivity contribution in [1.29, 1.82) is 0 Å². The fourth-order valence-corrected chi connectivity index (χ4v) is 4.41. The molecule has 1 aliphatic carbocycles. The van der Waals surface area contributed by atoms with Crippen molar-refractivity contribution in [2.24, 2.45) is 11.8 Å². The molecule has 25 heavy (non-hydrogen) atoms. The average Bonchev–Trinajstić information content (AvgIpc) is 2.61. The lowest BCUT2D eigenvalue weighted by atomic mass is 9.80. The third-order valence-corrected chi connectivity index (χ3v) is 6.35. The maximum absolute atomic E-state index is 11.8. The van der Waals surface area contributed by atoms with E-state index in [1.807, 2.05) is 13.8 Å². The highest BCUT2D eigenvalue weighted by Crippen LogP contribution is 2.28. The lowest BCUT2D eigenvalue weighted by Gasteiger charge is -2.27. The Morgan fingerprint density at radius 3 is 2.16 bits per heavy atom. The quantitative estimate of drug-likeness (QED) is 0.346. The Morgan fingerprint density at radius 2 is 1.60 bits per heavy atom. The first kappa shape index (κ1) is 24.3. The summed E-state index contributed by atoms with van der Waals surface area (Å²) in [5, 5.41) is 3.00. The second kappa shape index (κ2) is 15.6. The van der Waals surface area contributed by atoms with E-state index in [-0.39, 0.29) is 17.8 Å². The standard InChI is InChI=1S/C16H27NO4S2.C2H6/c1-12(18)15-5-3-14(4-6-15)11-17-16(20)7-9-22-23-10-8-21-13(2)19;1-2/h14-15H,3-11H2,1-2H3,(H,17,20);1-2H3. The van der Waals surface area contributed by atoms with Crippen LogP contribution in [0.15, 0.2) is 0 Å². The molecule has 0 aromatic heterocycles. The molecule has 0 radical (unpaired) electrons. The molecule has 0 aliphatic heterocycles. The van der Waals surface area contributed by atoms with Crippen LogP contribution < -0.4 is 5.32 Å². The highest BCUT2D eigenvalue weighted by atomic mass is 33.1. The van der Waals surface area contributed by atoms with E-state index in [1.165, 1.54) is 6.92 Å². The lowest BCUT2D eigenvalue weighted by molar-refractivity contribution is -0.140. The van der Waals surface area contributed by atoms with E-state index in [2.05, 4.69) is 5.32 Å². The number of amides is 1. The molecule has 1 saturated carbocycles. The summed E-state index contributed by atoms with van der Waals surface area (Å²) in [5.74, 6) is 2.39. The van der Waals surface area contributed by atoms with E-state index in [9.17, 15) is 14.4 Å². The Morgan fingerprint density at radius 1 is 1.00 bits per heavy atom. The molecule has 0 unspecified atom stereocenters. The van der Waals surface area contributed by atoms with Crippen molar-refractivity contribution in [3.63, 3.8) is 0 Å².